The Kier molecular flexibility index (Phi) is 7.19. The van der Waals surface area contributed by atoms with Crippen LogP contribution in [0.3, 0.4) is 0 Å². The second kappa shape index (κ2) is 10.8. The second-order valence-corrected chi connectivity index (χ2v) is 9.18. The lowest BCUT2D eigenvalue weighted by atomic mass is 10.0. The summed E-state index contributed by atoms with van der Waals surface area (Å²) in [4.78, 5) is 17.9. The van der Waals surface area contributed by atoms with Crippen molar-refractivity contribution in [3.63, 3.8) is 0 Å². The van der Waals surface area contributed by atoms with Gasteiger partial charge in [-0.15, -0.1) is 0 Å². The molecule has 1 aromatic heterocycles. The summed E-state index contributed by atoms with van der Waals surface area (Å²) < 4.78 is 11.9. The van der Waals surface area contributed by atoms with Gasteiger partial charge in [0.15, 0.2) is 5.43 Å². The number of anilines is 1. The van der Waals surface area contributed by atoms with Gasteiger partial charge in [-0.3, -0.25) is 9.69 Å². The molecule has 0 spiro atoms. The number of methoxy groups -OCH3 is 1. The van der Waals surface area contributed by atoms with Crippen molar-refractivity contribution >= 4 is 16.7 Å². The first-order valence-electron chi connectivity index (χ1n) is 12.5. The van der Waals surface area contributed by atoms with Crippen LogP contribution in [0, 0.1) is 6.92 Å². The molecule has 0 bridgehead atoms. The van der Waals surface area contributed by atoms with Crippen LogP contribution in [0.15, 0.2) is 94.2 Å². The summed E-state index contributed by atoms with van der Waals surface area (Å²) in [6.45, 7) is 6.71. The van der Waals surface area contributed by atoms with Gasteiger partial charge in [-0.25, -0.2) is 0 Å². The molecule has 184 valence electrons. The topological polar surface area (TPSA) is 45.9 Å². The number of nitrogens with zero attached hydrogens (tertiary/aromatic N) is 2. The zero-order valence-corrected chi connectivity index (χ0v) is 20.9. The molecule has 4 aromatic rings. The Morgan fingerprint density at radius 1 is 0.889 bits per heavy atom. The van der Waals surface area contributed by atoms with Crippen molar-refractivity contribution in [2.45, 2.75) is 13.3 Å². The molecule has 1 saturated heterocycles. The van der Waals surface area contributed by atoms with Gasteiger partial charge < -0.3 is 14.1 Å². The Hall–Kier alpha value is -3.83. The molecule has 0 atom stereocenters. The summed E-state index contributed by atoms with van der Waals surface area (Å²) in [5.41, 5.74) is 4.48. The van der Waals surface area contributed by atoms with Crippen molar-refractivity contribution < 1.29 is 9.15 Å². The highest BCUT2D eigenvalue weighted by Crippen LogP contribution is 2.29. The fourth-order valence-corrected chi connectivity index (χ4v) is 4.89. The van der Waals surface area contributed by atoms with Crippen molar-refractivity contribution in [3.8, 4) is 17.1 Å². The summed E-state index contributed by atoms with van der Waals surface area (Å²) in [6.07, 6.45) is 5.13. The van der Waals surface area contributed by atoms with Crippen molar-refractivity contribution in [2.24, 2.45) is 0 Å². The van der Waals surface area contributed by atoms with Crippen LogP contribution in [-0.2, 0) is 6.42 Å². The van der Waals surface area contributed by atoms with E-state index in [0.717, 1.165) is 61.7 Å². The van der Waals surface area contributed by atoms with E-state index in [9.17, 15) is 4.79 Å². The van der Waals surface area contributed by atoms with Crippen LogP contribution in [0.2, 0.25) is 0 Å². The molecule has 1 aliphatic heterocycles. The number of allylic oxidation sites excluding steroid dienone is 1. The first-order chi connectivity index (χ1) is 17.7. The van der Waals surface area contributed by atoms with E-state index in [4.69, 9.17) is 9.15 Å². The van der Waals surface area contributed by atoms with Crippen LogP contribution in [-0.4, -0.2) is 44.7 Å². The van der Waals surface area contributed by atoms with Gasteiger partial charge in [0.05, 0.1) is 18.2 Å². The molecule has 5 nitrogen and oxygen atoms in total. The van der Waals surface area contributed by atoms with Crippen molar-refractivity contribution in [1.29, 1.82) is 0 Å². The van der Waals surface area contributed by atoms with Gasteiger partial charge >= 0.3 is 0 Å². The lowest BCUT2D eigenvalue weighted by Gasteiger charge is -2.36. The van der Waals surface area contributed by atoms with E-state index >= 15 is 0 Å². The third kappa shape index (κ3) is 4.93. The summed E-state index contributed by atoms with van der Waals surface area (Å²) in [7, 11) is 1.73. The van der Waals surface area contributed by atoms with E-state index < -0.39 is 0 Å². The number of ether oxygens (including phenoxy) is 1. The summed E-state index contributed by atoms with van der Waals surface area (Å²) in [5.74, 6) is 1.58. The molecule has 2 heterocycles. The van der Waals surface area contributed by atoms with Crippen LogP contribution in [0.1, 0.15) is 11.1 Å². The molecule has 0 unspecified atom stereocenters. The normalized spacial score (nSPS) is 14.6. The lowest BCUT2D eigenvalue weighted by molar-refractivity contribution is 0.282. The minimum atomic E-state index is 0.0360. The van der Waals surface area contributed by atoms with Gasteiger partial charge in [-0.05, 0) is 37.1 Å². The summed E-state index contributed by atoms with van der Waals surface area (Å²) >= 11 is 0. The molecule has 0 aliphatic carbocycles. The molecular formula is C31H32N2O3. The van der Waals surface area contributed by atoms with Crippen LogP contribution in [0.25, 0.3) is 22.3 Å². The third-order valence-corrected chi connectivity index (χ3v) is 6.93. The van der Waals surface area contributed by atoms with Gasteiger partial charge in [0.2, 0.25) is 0 Å². The molecular weight excluding hydrogens is 448 g/mol. The van der Waals surface area contributed by atoms with E-state index in [0.29, 0.717) is 22.3 Å². The molecule has 0 amide bonds. The highest BCUT2D eigenvalue weighted by atomic mass is 16.5. The Bertz CT molecular complexity index is 1420. The third-order valence-electron chi connectivity index (χ3n) is 6.93. The molecule has 1 aliphatic rings. The number of piperazine rings is 1. The summed E-state index contributed by atoms with van der Waals surface area (Å²) in [5, 5.41) is 0.644. The van der Waals surface area contributed by atoms with Gasteiger partial charge in [0.25, 0.3) is 0 Å². The molecule has 0 N–H and O–H groups in total. The van der Waals surface area contributed by atoms with E-state index in [1.807, 2.05) is 67.6 Å². The maximum Gasteiger partial charge on any atom is 0.196 e. The molecule has 0 saturated carbocycles. The standard InChI is InChI=1S/C31H32N2O3/c1-23-29(34)26-15-10-14-25(31(26)36-30(23)24-11-4-3-5-12-24)13-8-9-18-32-19-21-33(22-20-32)27-16-6-7-17-28(27)35-2/h3-12,14-17H,13,18-22H2,1-2H3/b9-8+. The van der Waals surface area contributed by atoms with Crippen LogP contribution in [0.4, 0.5) is 5.69 Å². The Morgan fingerprint density at radius 3 is 2.42 bits per heavy atom. The van der Waals surface area contributed by atoms with Crippen LogP contribution in [0.5, 0.6) is 5.75 Å². The Morgan fingerprint density at radius 2 is 1.64 bits per heavy atom. The number of rotatable bonds is 7. The van der Waals surface area contributed by atoms with Crippen molar-refractivity contribution in [1.82, 2.24) is 4.90 Å². The minimum Gasteiger partial charge on any atom is -0.495 e. The number of benzene rings is 3. The van der Waals surface area contributed by atoms with Gasteiger partial charge in [-0.1, -0.05) is 66.7 Å². The van der Waals surface area contributed by atoms with Crippen molar-refractivity contribution in [2.75, 3.05) is 44.7 Å². The van der Waals surface area contributed by atoms with E-state index in [1.54, 1.807) is 7.11 Å². The van der Waals surface area contributed by atoms with E-state index in [1.165, 1.54) is 0 Å². The molecule has 3 aromatic carbocycles. The predicted molar refractivity (Wildman–Crippen MR) is 147 cm³/mol. The van der Waals surface area contributed by atoms with Gasteiger partial charge in [0.1, 0.15) is 17.1 Å². The van der Waals surface area contributed by atoms with Gasteiger partial charge in [0, 0.05) is 43.9 Å². The SMILES string of the molecule is COc1ccccc1N1CCN(C/C=C/Cc2cccc3c(=O)c(C)c(-c4ccccc4)oc23)CC1. The second-order valence-electron chi connectivity index (χ2n) is 9.18. The molecule has 5 rings (SSSR count). The first kappa shape index (κ1) is 23.9. The smallest absolute Gasteiger partial charge is 0.196 e. The fourth-order valence-electron chi connectivity index (χ4n) is 4.89. The Labute approximate surface area is 212 Å². The molecule has 36 heavy (non-hydrogen) atoms. The first-order valence-corrected chi connectivity index (χ1v) is 12.5. The zero-order chi connectivity index (χ0) is 24.9. The van der Waals surface area contributed by atoms with Crippen LogP contribution >= 0.6 is 0 Å². The lowest BCUT2D eigenvalue weighted by Crippen LogP contribution is -2.46. The monoisotopic (exact) mass is 480 g/mol. The van der Waals surface area contributed by atoms with Crippen molar-refractivity contribution in [3.05, 3.63) is 106 Å². The highest BCUT2D eigenvalue weighted by molar-refractivity contribution is 5.83. The molecule has 5 heteroatoms. The number of hydrogen-bond acceptors (Lipinski definition) is 5. The fraction of sp³-hybridized carbons (Fsp3) is 0.258. The predicted octanol–water partition coefficient (Wildman–Crippen LogP) is 5.70. The van der Waals surface area contributed by atoms with E-state index in [-0.39, 0.29) is 5.43 Å². The largest absolute Gasteiger partial charge is 0.495 e. The maximum absolute atomic E-state index is 13.1. The maximum atomic E-state index is 13.1. The highest BCUT2D eigenvalue weighted by Gasteiger charge is 2.19. The average Bonchev–Trinajstić information content (AvgIpc) is 2.94. The number of hydrogen-bond donors (Lipinski definition) is 0. The minimum absolute atomic E-state index is 0.0360. The van der Waals surface area contributed by atoms with Crippen LogP contribution < -0.4 is 15.1 Å². The van der Waals surface area contributed by atoms with Gasteiger partial charge in [-0.2, -0.15) is 0 Å². The summed E-state index contributed by atoms with van der Waals surface area (Å²) in [6, 6.07) is 23.9. The number of para-hydroxylation sites is 3. The quantitative estimate of drug-likeness (QED) is 0.318. The Balaban J connectivity index is 1.26. The molecule has 1 fully saturated rings. The molecule has 0 radical (unpaired) electrons. The van der Waals surface area contributed by atoms with E-state index in [2.05, 4.69) is 34.1 Å². The average molecular weight is 481 g/mol. The zero-order valence-electron chi connectivity index (χ0n) is 20.9. The number of fused-ring (bicyclic) bond motifs is 1.